The van der Waals surface area contributed by atoms with Crippen molar-refractivity contribution in [1.82, 2.24) is 0 Å². The minimum Gasteiger partial charge on any atom is -0.325 e. The first kappa shape index (κ1) is 17.1. The van der Waals surface area contributed by atoms with Gasteiger partial charge in [-0.3, -0.25) is 4.79 Å². The molecule has 0 spiro atoms. The summed E-state index contributed by atoms with van der Waals surface area (Å²) < 4.78 is 38.8. The monoisotopic (exact) mass is 359 g/mol. The highest BCUT2D eigenvalue weighted by Gasteiger charge is 2.45. The van der Waals surface area contributed by atoms with Crippen LogP contribution in [0.15, 0.2) is 42.5 Å². The fourth-order valence-corrected chi connectivity index (χ4v) is 3.70. The fraction of sp³-hybridized carbons (Fsp3) is 0.381. The summed E-state index contributed by atoms with van der Waals surface area (Å²) in [7, 11) is 0. The average molecular weight is 359 g/mol. The van der Waals surface area contributed by atoms with Crippen molar-refractivity contribution >= 4 is 11.6 Å². The zero-order valence-corrected chi connectivity index (χ0v) is 14.5. The first-order chi connectivity index (χ1) is 12.3. The van der Waals surface area contributed by atoms with E-state index < -0.39 is 17.2 Å². The van der Waals surface area contributed by atoms with Crippen LogP contribution >= 0.6 is 0 Å². The summed E-state index contributed by atoms with van der Waals surface area (Å²) in [5.74, 6) is 0.570. The SMILES string of the molecule is C[C@]1(c2ccc(CCC3CC3)cc2)C(=O)Nc2cc(C(F)(F)F)ccc21. The minimum atomic E-state index is -4.43. The number of hydrogen-bond acceptors (Lipinski definition) is 1. The van der Waals surface area contributed by atoms with Crippen molar-refractivity contribution in [3.05, 3.63) is 64.7 Å². The number of carbonyl (C=O) groups excluding carboxylic acids is 1. The normalized spacial score (nSPS) is 22.2. The first-order valence-electron chi connectivity index (χ1n) is 8.91. The lowest BCUT2D eigenvalue weighted by atomic mass is 9.77. The molecular weight excluding hydrogens is 339 g/mol. The maximum atomic E-state index is 12.9. The quantitative estimate of drug-likeness (QED) is 0.788. The number of carbonyl (C=O) groups is 1. The van der Waals surface area contributed by atoms with Crippen molar-refractivity contribution < 1.29 is 18.0 Å². The van der Waals surface area contributed by atoms with E-state index in [0.29, 0.717) is 5.56 Å². The topological polar surface area (TPSA) is 29.1 Å². The van der Waals surface area contributed by atoms with Gasteiger partial charge in [0.15, 0.2) is 0 Å². The zero-order valence-electron chi connectivity index (χ0n) is 14.5. The minimum absolute atomic E-state index is 0.241. The lowest BCUT2D eigenvalue weighted by Gasteiger charge is -2.23. The van der Waals surface area contributed by atoms with Crippen molar-refractivity contribution in [2.75, 3.05) is 5.32 Å². The lowest BCUT2D eigenvalue weighted by Crippen LogP contribution is -2.32. The van der Waals surface area contributed by atoms with Gasteiger partial charge in [-0.1, -0.05) is 43.2 Å². The number of amides is 1. The molecule has 4 rings (SSSR count). The van der Waals surface area contributed by atoms with Crippen LogP contribution in [0.1, 0.15) is 48.4 Å². The van der Waals surface area contributed by atoms with Crippen molar-refractivity contribution in [3.8, 4) is 0 Å². The Bertz CT molecular complexity index is 853. The fourth-order valence-electron chi connectivity index (χ4n) is 3.70. The predicted molar refractivity (Wildman–Crippen MR) is 94.0 cm³/mol. The van der Waals surface area contributed by atoms with E-state index in [4.69, 9.17) is 0 Å². The summed E-state index contributed by atoms with van der Waals surface area (Å²) in [6.07, 6.45) is 0.446. The maximum absolute atomic E-state index is 12.9. The van der Waals surface area contributed by atoms with E-state index in [-0.39, 0.29) is 11.6 Å². The number of nitrogens with one attached hydrogen (secondary N) is 1. The van der Waals surface area contributed by atoms with Crippen LogP contribution in [0, 0.1) is 5.92 Å². The molecule has 1 fully saturated rings. The summed E-state index contributed by atoms with van der Waals surface area (Å²) in [6, 6.07) is 11.4. The van der Waals surface area contributed by atoms with Crippen molar-refractivity contribution in [2.45, 2.75) is 44.2 Å². The molecule has 2 aromatic rings. The highest BCUT2D eigenvalue weighted by Crippen LogP contribution is 2.44. The van der Waals surface area contributed by atoms with E-state index in [9.17, 15) is 18.0 Å². The molecule has 0 saturated heterocycles. The third-order valence-electron chi connectivity index (χ3n) is 5.66. The van der Waals surface area contributed by atoms with Crippen molar-refractivity contribution in [1.29, 1.82) is 0 Å². The number of rotatable bonds is 4. The number of hydrogen-bond donors (Lipinski definition) is 1. The average Bonchev–Trinajstić information content (AvgIpc) is 3.39. The van der Waals surface area contributed by atoms with Crippen molar-refractivity contribution in [3.63, 3.8) is 0 Å². The van der Waals surface area contributed by atoms with Crippen LogP contribution in [0.3, 0.4) is 0 Å². The van der Waals surface area contributed by atoms with E-state index >= 15 is 0 Å². The lowest BCUT2D eigenvalue weighted by molar-refractivity contribution is -0.137. The summed E-state index contributed by atoms with van der Waals surface area (Å²) in [4.78, 5) is 12.6. The van der Waals surface area contributed by atoms with Gasteiger partial charge in [-0.2, -0.15) is 13.2 Å². The summed E-state index contributed by atoms with van der Waals surface area (Å²) in [5, 5.41) is 2.62. The second kappa shape index (κ2) is 5.86. The molecule has 1 N–H and O–H groups in total. The standard InChI is InChI=1S/C21H20F3NO/c1-20(15-8-6-14(7-9-15)5-4-13-2-3-13)17-11-10-16(21(22,23)24)12-18(17)25-19(20)26/h6-13H,2-5H2,1H3,(H,25,26)/t20-/m1/s1. The van der Waals surface area contributed by atoms with Crippen LogP contribution in [0.5, 0.6) is 0 Å². The van der Waals surface area contributed by atoms with Gasteiger partial charge in [0.2, 0.25) is 5.91 Å². The molecular formula is C21H20F3NO. The Morgan fingerprint density at radius 2 is 1.81 bits per heavy atom. The first-order valence-corrected chi connectivity index (χ1v) is 8.91. The largest absolute Gasteiger partial charge is 0.416 e. The molecule has 1 heterocycles. The maximum Gasteiger partial charge on any atom is 0.416 e. The van der Waals surface area contributed by atoms with Crippen molar-refractivity contribution in [2.24, 2.45) is 5.92 Å². The third-order valence-corrected chi connectivity index (χ3v) is 5.66. The van der Waals surface area contributed by atoms with Gasteiger partial charge in [-0.25, -0.2) is 0 Å². The van der Waals surface area contributed by atoms with Crippen LogP contribution in [0.25, 0.3) is 0 Å². The Morgan fingerprint density at radius 1 is 1.12 bits per heavy atom. The van der Waals surface area contributed by atoms with Gasteiger partial charge in [-0.05, 0) is 54.5 Å². The number of halogens is 3. The van der Waals surface area contributed by atoms with Crippen LogP contribution in [0.4, 0.5) is 18.9 Å². The molecule has 1 amide bonds. The van der Waals surface area contributed by atoms with Crippen LogP contribution in [-0.4, -0.2) is 5.91 Å². The number of anilines is 1. The molecule has 0 bridgehead atoms. The Morgan fingerprint density at radius 3 is 2.42 bits per heavy atom. The highest BCUT2D eigenvalue weighted by atomic mass is 19.4. The number of alkyl halides is 3. The summed E-state index contributed by atoms with van der Waals surface area (Å²) in [6.45, 7) is 1.76. The van der Waals surface area contributed by atoms with E-state index in [1.807, 2.05) is 24.3 Å². The molecule has 1 aliphatic carbocycles. The number of aryl methyl sites for hydroxylation is 1. The van der Waals surface area contributed by atoms with E-state index in [2.05, 4.69) is 5.32 Å². The number of fused-ring (bicyclic) bond motifs is 1. The molecule has 0 unspecified atom stereocenters. The molecule has 0 aromatic heterocycles. The molecule has 26 heavy (non-hydrogen) atoms. The Hall–Kier alpha value is -2.30. The summed E-state index contributed by atoms with van der Waals surface area (Å²) >= 11 is 0. The van der Waals surface area contributed by atoms with Gasteiger partial charge in [0, 0.05) is 5.69 Å². The van der Waals surface area contributed by atoms with Crippen LogP contribution in [0.2, 0.25) is 0 Å². The second-order valence-corrected chi connectivity index (χ2v) is 7.52. The van der Waals surface area contributed by atoms with E-state index in [0.717, 1.165) is 30.0 Å². The molecule has 2 aliphatic rings. The molecule has 2 aromatic carbocycles. The van der Waals surface area contributed by atoms with Crippen LogP contribution in [-0.2, 0) is 22.8 Å². The van der Waals surface area contributed by atoms with E-state index in [1.54, 1.807) is 6.92 Å². The molecule has 1 atom stereocenters. The molecule has 0 radical (unpaired) electrons. The Kier molecular flexibility index (Phi) is 3.86. The molecule has 5 heteroatoms. The Labute approximate surface area is 150 Å². The van der Waals surface area contributed by atoms with Gasteiger partial charge in [-0.15, -0.1) is 0 Å². The smallest absolute Gasteiger partial charge is 0.325 e. The summed E-state index contributed by atoms with van der Waals surface area (Å²) in [5.41, 5.74) is 1.12. The zero-order chi connectivity index (χ0) is 18.5. The van der Waals surface area contributed by atoms with Gasteiger partial charge < -0.3 is 5.32 Å². The van der Waals surface area contributed by atoms with Gasteiger partial charge >= 0.3 is 6.18 Å². The van der Waals surface area contributed by atoms with Crippen LogP contribution < -0.4 is 5.32 Å². The van der Waals surface area contributed by atoms with Gasteiger partial charge in [0.1, 0.15) is 0 Å². The molecule has 1 aliphatic heterocycles. The molecule has 1 saturated carbocycles. The van der Waals surface area contributed by atoms with E-state index in [1.165, 1.54) is 30.9 Å². The highest BCUT2D eigenvalue weighted by molar-refractivity contribution is 6.08. The van der Waals surface area contributed by atoms with Gasteiger partial charge in [0.25, 0.3) is 0 Å². The molecule has 2 nitrogen and oxygen atoms in total. The number of benzene rings is 2. The molecule has 136 valence electrons. The Balaban J connectivity index is 1.64. The predicted octanol–water partition coefficient (Wildman–Crippen LogP) is 5.31. The van der Waals surface area contributed by atoms with Gasteiger partial charge in [0.05, 0.1) is 11.0 Å². The third kappa shape index (κ3) is 2.89. The second-order valence-electron chi connectivity index (χ2n) is 7.52.